The minimum Gasteiger partial charge on any atom is -0.201 e. The van der Waals surface area contributed by atoms with Crippen LogP contribution in [0.25, 0.3) is 11.3 Å². The monoisotopic (exact) mass is 518 g/mol. The summed E-state index contributed by atoms with van der Waals surface area (Å²) in [6.07, 6.45) is 2.27. The number of benzene rings is 4. The van der Waals surface area contributed by atoms with Gasteiger partial charge in [0, 0.05) is 17.2 Å². The Hall–Kier alpha value is -3.84. The van der Waals surface area contributed by atoms with E-state index in [1.54, 1.807) is 0 Å². The van der Waals surface area contributed by atoms with Crippen LogP contribution < -0.4 is 37.3 Å². The largest absolute Gasteiger partial charge is 0.241 e. The van der Waals surface area contributed by atoms with Crippen LogP contribution in [0.15, 0.2) is 85.1 Å². The molecule has 0 amide bonds. The van der Waals surface area contributed by atoms with Crippen LogP contribution in [0.4, 0.5) is 0 Å². The second kappa shape index (κ2) is 9.97. The van der Waals surface area contributed by atoms with E-state index in [9.17, 15) is 0 Å². The maximum Gasteiger partial charge on any atom is 0.241 e. The highest BCUT2D eigenvalue weighted by atomic mass is 14.9. The van der Waals surface area contributed by atoms with E-state index in [1.807, 2.05) is 0 Å². The van der Waals surface area contributed by atoms with E-state index in [0.29, 0.717) is 0 Å². The van der Waals surface area contributed by atoms with Crippen molar-refractivity contribution in [1.82, 2.24) is 0 Å². The van der Waals surface area contributed by atoms with Gasteiger partial charge in [-0.1, -0.05) is 122 Å². The SMILES string of the molecule is Cc1cc(-c2ccc3c(c2C)B(c2c(C)cccc2C)c2ccccc2B3c2c(C)cccc2C)[n+](C)cc1C. The molecule has 0 atom stereocenters. The molecule has 1 aromatic heterocycles. The fraction of sp³-hybridized carbons (Fsp3) is 0.216. The maximum absolute atomic E-state index is 2.44. The lowest BCUT2D eigenvalue weighted by molar-refractivity contribution is -0.660. The van der Waals surface area contributed by atoms with Crippen LogP contribution in [0.3, 0.4) is 0 Å². The molecule has 0 N–H and O–H groups in total. The van der Waals surface area contributed by atoms with Gasteiger partial charge in [-0.3, -0.25) is 0 Å². The fourth-order valence-corrected chi connectivity index (χ4v) is 7.35. The first-order chi connectivity index (χ1) is 19.2. The van der Waals surface area contributed by atoms with Gasteiger partial charge in [0.25, 0.3) is 0 Å². The molecule has 0 bridgehead atoms. The quantitative estimate of drug-likeness (QED) is 0.249. The molecule has 1 aliphatic heterocycles. The lowest BCUT2D eigenvalue weighted by atomic mass is 9.20. The molecule has 1 nitrogen and oxygen atoms in total. The Morgan fingerprint density at radius 3 is 1.57 bits per heavy atom. The molecule has 0 saturated carbocycles. The topological polar surface area (TPSA) is 3.88 Å². The van der Waals surface area contributed by atoms with Crippen molar-refractivity contribution in [2.75, 3.05) is 0 Å². The third-order valence-electron chi connectivity index (χ3n) is 9.45. The van der Waals surface area contributed by atoms with Gasteiger partial charge in [-0.05, 0) is 65.7 Å². The summed E-state index contributed by atoms with van der Waals surface area (Å²) in [5, 5.41) is 0. The van der Waals surface area contributed by atoms with Gasteiger partial charge in [-0.2, -0.15) is 0 Å². The number of aromatic nitrogens is 1. The highest BCUT2D eigenvalue weighted by molar-refractivity contribution is 7.11. The van der Waals surface area contributed by atoms with Crippen molar-refractivity contribution in [3.05, 3.63) is 124 Å². The first kappa shape index (κ1) is 26.4. The van der Waals surface area contributed by atoms with Crippen LogP contribution in [0.5, 0.6) is 0 Å². The number of hydrogen-bond acceptors (Lipinski definition) is 0. The molecule has 6 rings (SSSR count). The van der Waals surface area contributed by atoms with Gasteiger partial charge in [0.05, 0.1) is 0 Å². The molecule has 0 unspecified atom stereocenters. The molecule has 0 aliphatic carbocycles. The van der Waals surface area contributed by atoms with Crippen molar-refractivity contribution in [1.29, 1.82) is 0 Å². The fourth-order valence-electron chi connectivity index (χ4n) is 7.35. The summed E-state index contributed by atoms with van der Waals surface area (Å²) in [6, 6.07) is 29.9. The number of hydrogen-bond donors (Lipinski definition) is 0. The number of fused-ring (bicyclic) bond motifs is 2. The van der Waals surface area contributed by atoms with Gasteiger partial charge in [-0.25, -0.2) is 4.57 Å². The lowest BCUT2D eigenvalue weighted by Crippen LogP contribution is -2.76. The third-order valence-corrected chi connectivity index (χ3v) is 9.45. The van der Waals surface area contributed by atoms with E-state index in [2.05, 4.69) is 145 Å². The van der Waals surface area contributed by atoms with Crippen LogP contribution in [0.1, 0.15) is 38.9 Å². The van der Waals surface area contributed by atoms with Gasteiger partial charge in [0.15, 0.2) is 6.20 Å². The zero-order valence-electron chi connectivity index (χ0n) is 25.2. The van der Waals surface area contributed by atoms with E-state index in [4.69, 9.17) is 0 Å². The Labute approximate surface area is 241 Å². The van der Waals surface area contributed by atoms with E-state index in [-0.39, 0.29) is 13.4 Å². The summed E-state index contributed by atoms with van der Waals surface area (Å²) in [4.78, 5) is 0. The molecule has 0 saturated heterocycles. The van der Waals surface area contributed by atoms with Crippen molar-refractivity contribution in [3.63, 3.8) is 0 Å². The first-order valence-corrected chi connectivity index (χ1v) is 14.5. The molecule has 5 aromatic rings. The van der Waals surface area contributed by atoms with Crippen molar-refractivity contribution < 1.29 is 4.57 Å². The Morgan fingerprint density at radius 1 is 0.475 bits per heavy atom. The molecule has 2 heterocycles. The van der Waals surface area contributed by atoms with Crippen LogP contribution in [-0.4, -0.2) is 13.4 Å². The van der Waals surface area contributed by atoms with Crippen LogP contribution in [0.2, 0.25) is 0 Å². The summed E-state index contributed by atoms with van der Waals surface area (Å²) < 4.78 is 2.30. The predicted octanol–water partition coefficient (Wildman–Crippen LogP) is 3.68. The second-order valence-electron chi connectivity index (χ2n) is 12.0. The molecule has 40 heavy (non-hydrogen) atoms. The summed E-state index contributed by atoms with van der Waals surface area (Å²) in [5.41, 5.74) is 20.7. The molecular weight excluding hydrogens is 480 g/mol. The molecule has 4 aromatic carbocycles. The first-order valence-electron chi connectivity index (χ1n) is 14.5. The highest BCUT2D eigenvalue weighted by Gasteiger charge is 2.41. The summed E-state index contributed by atoms with van der Waals surface area (Å²) in [5.74, 6) is 0. The lowest BCUT2D eigenvalue weighted by Gasteiger charge is -2.36. The second-order valence-corrected chi connectivity index (χ2v) is 12.0. The Bertz CT molecular complexity index is 1760. The van der Waals surface area contributed by atoms with Crippen molar-refractivity contribution >= 4 is 46.2 Å². The van der Waals surface area contributed by atoms with E-state index in [0.717, 1.165) is 0 Å². The standard InChI is InChI=1S/C37H38B2N/c1-23-13-11-14-24(2)35(23)38-31-17-9-10-18-32(31)39(36-25(3)15-12-16-26(36)4)37-29(7)30(19-20-33(37)38)34-21-27(5)28(6)22-40(34)8/h9-22H,1-8H3/q+1. The number of rotatable bonds is 3. The summed E-state index contributed by atoms with van der Waals surface area (Å²) in [7, 11) is 2.18. The Kier molecular flexibility index (Phi) is 6.57. The van der Waals surface area contributed by atoms with Gasteiger partial charge < -0.3 is 0 Å². The number of nitrogens with zero attached hydrogens (tertiary/aromatic N) is 1. The molecule has 0 radical (unpaired) electrons. The highest BCUT2D eigenvalue weighted by Crippen LogP contribution is 2.22. The number of pyridine rings is 1. The van der Waals surface area contributed by atoms with Crippen LogP contribution in [0, 0.1) is 48.5 Å². The normalized spacial score (nSPS) is 12.4. The van der Waals surface area contributed by atoms with E-state index in [1.165, 1.54) is 83.0 Å². The maximum atomic E-state index is 2.44. The molecule has 0 spiro atoms. The average molecular weight is 518 g/mol. The Morgan fingerprint density at radius 2 is 1.00 bits per heavy atom. The molecule has 196 valence electrons. The predicted molar refractivity (Wildman–Crippen MR) is 175 cm³/mol. The molecular formula is C37H38B2N+. The summed E-state index contributed by atoms with van der Waals surface area (Å²) >= 11 is 0. The van der Waals surface area contributed by atoms with Crippen molar-refractivity contribution in [2.24, 2.45) is 7.05 Å². The third kappa shape index (κ3) is 4.06. The van der Waals surface area contributed by atoms with Gasteiger partial charge in [0.2, 0.25) is 19.1 Å². The van der Waals surface area contributed by atoms with Crippen LogP contribution >= 0.6 is 0 Å². The molecule has 1 aliphatic rings. The zero-order chi connectivity index (χ0) is 28.3. The average Bonchev–Trinajstić information content (AvgIpc) is 2.92. The van der Waals surface area contributed by atoms with E-state index < -0.39 is 0 Å². The Balaban J connectivity index is 1.74. The van der Waals surface area contributed by atoms with E-state index >= 15 is 0 Å². The minimum absolute atomic E-state index is 0.185. The van der Waals surface area contributed by atoms with Gasteiger partial charge in [0.1, 0.15) is 7.05 Å². The minimum atomic E-state index is 0.185. The van der Waals surface area contributed by atoms with Crippen molar-refractivity contribution in [2.45, 2.75) is 48.5 Å². The van der Waals surface area contributed by atoms with Gasteiger partial charge >= 0.3 is 0 Å². The molecule has 3 heteroatoms. The van der Waals surface area contributed by atoms with Gasteiger partial charge in [-0.15, -0.1) is 0 Å². The van der Waals surface area contributed by atoms with Crippen molar-refractivity contribution in [3.8, 4) is 11.3 Å². The zero-order valence-corrected chi connectivity index (χ0v) is 25.2. The summed E-state index contributed by atoms with van der Waals surface area (Å²) in [6.45, 7) is 16.3. The number of aryl methyl sites for hydroxylation is 7. The molecule has 0 fully saturated rings. The van der Waals surface area contributed by atoms with Crippen LogP contribution in [-0.2, 0) is 7.05 Å². The smallest absolute Gasteiger partial charge is 0.201 e.